The first-order chi connectivity index (χ1) is 22.5. The van der Waals surface area contributed by atoms with E-state index in [1.807, 2.05) is 110 Å². The highest BCUT2D eigenvalue weighted by atomic mass is 16.5. The van der Waals surface area contributed by atoms with Crippen molar-refractivity contribution in [1.29, 1.82) is 0 Å². The molecular weight excluding hydrogens is 576 g/mol. The van der Waals surface area contributed by atoms with Gasteiger partial charge in [-0.15, -0.1) is 0 Å². The predicted octanol–water partition coefficient (Wildman–Crippen LogP) is 6.47. The summed E-state index contributed by atoms with van der Waals surface area (Å²) in [6.07, 6.45) is 3.03. The van der Waals surface area contributed by atoms with Crippen LogP contribution < -0.4 is 5.43 Å². The maximum atomic E-state index is 14.6. The van der Waals surface area contributed by atoms with Gasteiger partial charge in [-0.2, -0.15) is 0 Å². The number of hydrogen-bond donors (Lipinski definition) is 0. The number of fused-ring (bicyclic) bond motifs is 1. The van der Waals surface area contributed by atoms with Crippen molar-refractivity contribution in [3.05, 3.63) is 153 Å². The molecule has 2 heterocycles. The lowest BCUT2D eigenvalue weighted by molar-refractivity contribution is -0.142. The Morgan fingerprint density at radius 2 is 1.48 bits per heavy atom. The molecule has 234 valence electrons. The van der Waals surface area contributed by atoms with Gasteiger partial charge >= 0.3 is 0 Å². The Kier molecular flexibility index (Phi) is 9.70. The number of carbonyl (C=O) groups excluding carboxylic acids is 2. The van der Waals surface area contributed by atoms with Crippen molar-refractivity contribution in [2.75, 3.05) is 19.7 Å². The average molecular weight is 615 g/mol. The monoisotopic (exact) mass is 614 g/mol. The molecule has 0 aliphatic carbocycles. The highest BCUT2D eigenvalue weighted by molar-refractivity contribution is 5.91. The SMILES string of the molecule is Cc1ccc2occ(CN(Cc3ccccc3)C(=O)CN(CC3CCCO3)C(=O)C(c3ccccc3)c3ccccc3)c(=O)c2c1. The van der Waals surface area contributed by atoms with Gasteiger partial charge in [-0.3, -0.25) is 14.4 Å². The fraction of sp³-hybridized carbons (Fsp3) is 0.256. The van der Waals surface area contributed by atoms with Crippen LogP contribution in [-0.2, 0) is 27.4 Å². The van der Waals surface area contributed by atoms with Gasteiger partial charge in [-0.05, 0) is 48.6 Å². The summed E-state index contributed by atoms with van der Waals surface area (Å²) in [5.41, 5.74) is 4.29. The maximum Gasteiger partial charge on any atom is 0.242 e. The second kappa shape index (κ2) is 14.4. The summed E-state index contributed by atoms with van der Waals surface area (Å²) in [7, 11) is 0. The fourth-order valence-electron chi connectivity index (χ4n) is 6.12. The van der Waals surface area contributed by atoms with E-state index in [4.69, 9.17) is 9.15 Å². The molecule has 0 N–H and O–H groups in total. The molecule has 4 aromatic carbocycles. The Bertz CT molecular complexity index is 1790. The van der Waals surface area contributed by atoms with Crippen molar-refractivity contribution in [2.24, 2.45) is 0 Å². The Balaban J connectivity index is 1.34. The molecule has 6 rings (SSSR count). The van der Waals surface area contributed by atoms with Gasteiger partial charge in [0.05, 0.1) is 42.3 Å². The van der Waals surface area contributed by atoms with Gasteiger partial charge in [0.25, 0.3) is 0 Å². The third-order valence-corrected chi connectivity index (χ3v) is 8.53. The van der Waals surface area contributed by atoms with E-state index in [1.165, 1.54) is 6.26 Å². The lowest BCUT2D eigenvalue weighted by Crippen LogP contribution is -2.47. The van der Waals surface area contributed by atoms with Crippen LogP contribution in [0, 0.1) is 6.92 Å². The van der Waals surface area contributed by atoms with Gasteiger partial charge in [0.2, 0.25) is 11.8 Å². The van der Waals surface area contributed by atoms with E-state index in [-0.39, 0.29) is 43.0 Å². The molecule has 7 nitrogen and oxygen atoms in total. The van der Waals surface area contributed by atoms with E-state index in [9.17, 15) is 14.4 Å². The van der Waals surface area contributed by atoms with E-state index in [0.29, 0.717) is 29.7 Å². The molecule has 1 unspecified atom stereocenters. The molecule has 1 saturated heterocycles. The summed E-state index contributed by atoms with van der Waals surface area (Å²) in [6.45, 7) is 3.03. The molecule has 0 spiro atoms. The predicted molar refractivity (Wildman–Crippen MR) is 178 cm³/mol. The largest absolute Gasteiger partial charge is 0.464 e. The summed E-state index contributed by atoms with van der Waals surface area (Å²) >= 11 is 0. The van der Waals surface area contributed by atoms with E-state index in [1.54, 1.807) is 15.9 Å². The number of rotatable bonds is 11. The number of aryl methyl sites for hydroxylation is 1. The zero-order chi connectivity index (χ0) is 31.9. The minimum atomic E-state index is -0.588. The number of ether oxygens (including phenoxy) is 1. The highest BCUT2D eigenvalue weighted by Crippen LogP contribution is 2.28. The second-order valence-electron chi connectivity index (χ2n) is 11.9. The number of hydrogen-bond acceptors (Lipinski definition) is 5. The van der Waals surface area contributed by atoms with Gasteiger partial charge in [0, 0.05) is 19.7 Å². The molecular formula is C39H38N2O5. The minimum absolute atomic E-state index is 0.0443. The molecule has 0 radical (unpaired) electrons. The summed E-state index contributed by atoms with van der Waals surface area (Å²) in [5, 5.41) is 0.480. The van der Waals surface area contributed by atoms with Crippen molar-refractivity contribution in [3.8, 4) is 0 Å². The Hall–Kier alpha value is -5.01. The summed E-state index contributed by atoms with van der Waals surface area (Å²) in [4.78, 5) is 45.8. The third kappa shape index (κ3) is 7.27. The second-order valence-corrected chi connectivity index (χ2v) is 11.9. The van der Waals surface area contributed by atoms with Gasteiger partial charge in [0.1, 0.15) is 5.58 Å². The molecule has 1 atom stereocenters. The molecule has 5 aromatic rings. The van der Waals surface area contributed by atoms with Crippen LogP contribution in [-0.4, -0.2) is 47.4 Å². The summed E-state index contributed by atoms with van der Waals surface area (Å²) in [6, 6.07) is 34.5. The van der Waals surface area contributed by atoms with Crippen molar-refractivity contribution in [3.63, 3.8) is 0 Å². The van der Waals surface area contributed by atoms with Crippen LogP contribution >= 0.6 is 0 Å². The Labute approximate surface area is 269 Å². The third-order valence-electron chi connectivity index (χ3n) is 8.53. The fourth-order valence-corrected chi connectivity index (χ4v) is 6.12. The standard InChI is InChI=1S/C39H38N2O5/c1-28-19-20-35-34(22-28)38(43)32(27-46-35)24-40(23-29-12-5-2-6-13-29)36(42)26-41(25-33-18-11-21-45-33)39(44)37(30-14-7-3-8-15-30)31-16-9-4-10-17-31/h2-10,12-17,19-20,22,27,33,37H,11,18,21,23-26H2,1H3. The first kappa shape index (κ1) is 31.0. The van der Waals surface area contributed by atoms with E-state index in [0.717, 1.165) is 35.1 Å². The van der Waals surface area contributed by atoms with Crippen molar-refractivity contribution < 1.29 is 18.7 Å². The zero-order valence-electron chi connectivity index (χ0n) is 26.0. The smallest absolute Gasteiger partial charge is 0.242 e. The van der Waals surface area contributed by atoms with Crippen LogP contribution in [0.4, 0.5) is 0 Å². The quantitative estimate of drug-likeness (QED) is 0.170. The van der Waals surface area contributed by atoms with Crippen molar-refractivity contribution in [2.45, 2.75) is 44.9 Å². The lowest BCUT2D eigenvalue weighted by atomic mass is 9.90. The Morgan fingerprint density at radius 1 is 0.826 bits per heavy atom. The summed E-state index contributed by atoms with van der Waals surface area (Å²) < 4.78 is 11.8. The Morgan fingerprint density at radius 3 is 2.11 bits per heavy atom. The molecule has 1 aromatic heterocycles. The molecule has 46 heavy (non-hydrogen) atoms. The van der Waals surface area contributed by atoms with Gasteiger partial charge in [-0.1, -0.05) is 103 Å². The molecule has 0 bridgehead atoms. The molecule has 1 fully saturated rings. The number of amides is 2. The number of nitrogens with zero attached hydrogens (tertiary/aromatic N) is 2. The zero-order valence-corrected chi connectivity index (χ0v) is 26.0. The molecule has 7 heteroatoms. The maximum absolute atomic E-state index is 14.6. The molecule has 1 aliphatic rings. The minimum Gasteiger partial charge on any atom is -0.464 e. The highest BCUT2D eigenvalue weighted by Gasteiger charge is 2.32. The molecule has 0 saturated carbocycles. The molecule has 1 aliphatic heterocycles. The summed E-state index contributed by atoms with van der Waals surface area (Å²) in [5.74, 6) is -1.02. The topological polar surface area (TPSA) is 80.1 Å². The van der Waals surface area contributed by atoms with Crippen molar-refractivity contribution >= 4 is 22.8 Å². The van der Waals surface area contributed by atoms with Crippen LogP contribution in [0.5, 0.6) is 0 Å². The first-order valence-electron chi connectivity index (χ1n) is 15.8. The van der Waals surface area contributed by atoms with Gasteiger partial charge in [-0.25, -0.2) is 0 Å². The van der Waals surface area contributed by atoms with E-state index < -0.39 is 5.92 Å². The van der Waals surface area contributed by atoms with Crippen molar-refractivity contribution in [1.82, 2.24) is 9.80 Å². The number of benzene rings is 4. The van der Waals surface area contributed by atoms with Gasteiger partial charge in [0.15, 0.2) is 5.43 Å². The van der Waals surface area contributed by atoms with Crippen LogP contribution in [0.2, 0.25) is 0 Å². The van der Waals surface area contributed by atoms with Gasteiger partial charge < -0.3 is 19.0 Å². The van der Waals surface area contributed by atoms with E-state index >= 15 is 0 Å². The van der Waals surface area contributed by atoms with Crippen LogP contribution in [0.3, 0.4) is 0 Å². The normalized spacial score (nSPS) is 14.4. The number of carbonyl (C=O) groups is 2. The van der Waals surface area contributed by atoms with E-state index in [2.05, 4.69) is 0 Å². The first-order valence-corrected chi connectivity index (χ1v) is 15.8. The van der Waals surface area contributed by atoms with Crippen LogP contribution in [0.25, 0.3) is 11.0 Å². The average Bonchev–Trinajstić information content (AvgIpc) is 3.60. The molecule has 2 amide bonds. The van der Waals surface area contributed by atoms with Crippen LogP contribution in [0.15, 0.2) is 125 Å². The van der Waals surface area contributed by atoms with Crippen LogP contribution in [0.1, 0.15) is 46.6 Å². The lowest BCUT2D eigenvalue weighted by Gasteiger charge is -2.32.